The molecule has 1 heterocycles. The van der Waals surface area contributed by atoms with Crippen molar-refractivity contribution < 1.29 is 9.59 Å². The third-order valence-corrected chi connectivity index (χ3v) is 0.662. The molecule has 4 radical (unpaired) electrons. The van der Waals surface area contributed by atoms with Crippen LogP contribution < -0.4 is 10.6 Å². The van der Waals surface area contributed by atoms with E-state index in [1.54, 1.807) is 0 Å². The van der Waals surface area contributed by atoms with Crippen molar-refractivity contribution in [3.8, 4) is 0 Å². The van der Waals surface area contributed by atoms with E-state index >= 15 is 0 Å². The van der Waals surface area contributed by atoms with Gasteiger partial charge in [-0.25, -0.2) is 4.79 Å². The molecule has 4 nitrogen and oxygen atoms in total. The Kier molecular flexibility index (Phi) is 2.20. The topological polar surface area (TPSA) is 58.2 Å². The van der Waals surface area contributed by atoms with Crippen molar-refractivity contribution in [3.63, 3.8) is 0 Å². The van der Waals surface area contributed by atoms with Crippen molar-refractivity contribution in [1.29, 1.82) is 0 Å². The van der Waals surface area contributed by atoms with Gasteiger partial charge in [-0.1, -0.05) is 0 Å². The fourth-order valence-corrected chi connectivity index (χ4v) is 0.376. The number of urea groups is 1. The summed E-state index contributed by atoms with van der Waals surface area (Å²) >= 11 is 0. The molecule has 0 aromatic heterocycles. The molecule has 0 bridgehead atoms. The molecule has 0 spiro atoms. The lowest BCUT2D eigenvalue weighted by molar-refractivity contribution is -0.117. The zero-order chi connectivity index (χ0) is 5.28. The largest absolute Gasteiger partial charge is 0.329 e. The Morgan fingerprint density at radius 2 is 2.00 bits per heavy atom. The van der Waals surface area contributed by atoms with E-state index in [-0.39, 0.29) is 23.4 Å². The second-order valence-corrected chi connectivity index (χ2v) is 1.23. The number of rotatable bonds is 0. The predicted molar refractivity (Wildman–Crippen MR) is 27.3 cm³/mol. The van der Waals surface area contributed by atoms with Gasteiger partial charge in [0.2, 0.25) is 5.91 Å². The summed E-state index contributed by atoms with van der Waals surface area (Å²) in [6.45, 7) is 0.124. The molecule has 0 aromatic carbocycles. The van der Waals surface area contributed by atoms with Crippen molar-refractivity contribution in [2.45, 2.75) is 0 Å². The Labute approximate surface area is 50.7 Å². The van der Waals surface area contributed by atoms with Gasteiger partial charge < -0.3 is 5.32 Å². The first-order valence-electron chi connectivity index (χ1n) is 1.87. The van der Waals surface area contributed by atoms with Gasteiger partial charge in [-0.3, -0.25) is 10.1 Å². The standard InChI is InChI=1S/C3H4N2O2.Si/c6-2-1-4-3(7)5-2;/h1H2,(H2,4,5,6,7);. The fraction of sp³-hybridized carbons (Fsp3) is 0.333. The molecular formula is C3H4N2O2Si. The molecule has 1 rings (SSSR count). The van der Waals surface area contributed by atoms with E-state index < -0.39 is 6.03 Å². The first-order chi connectivity index (χ1) is 3.29. The molecule has 0 unspecified atom stereocenters. The average Bonchev–Trinajstić information content (AvgIpc) is 1.87. The van der Waals surface area contributed by atoms with E-state index in [9.17, 15) is 9.59 Å². The van der Waals surface area contributed by atoms with Gasteiger partial charge in [0.15, 0.2) is 0 Å². The first-order valence-corrected chi connectivity index (χ1v) is 1.87. The number of carbonyl (C=O) groups excluding carboxylic acids is 2. The number of imide groups is 1. The molecule has 1 fully saturated rings. The van der Waals surface area contributed by atoms with Crippen LogP contribution in [0.2, 0.25) is 0 Å². The van der Waals surface area contributed by atoms with Crippen LogP contribution in [0.15, 0.2) is 0 Å². The Balaban J connectivity index is 0.000000490. The number of nitrogens with one attached hydrogen (secondary N) is 2. The lowest BCUT2D eigenvalue weighted by Gasteiger charge is -1.78. The smallest absolute Gasteiger partial charge is 0.321 e. The van der Waals surface area contributed by atoms with Gasteiger partial charge in [0.25, 0.3) is 0 Å². The van der Waals surface area contributed by atoms with Crippen molar-refractivity contribution in [2.75, 3.05) is 6.54 Å². The van der Waals surface area contributed by atoms with Crippen LogP contribution in [0.25, 0.3) is 0 Å². The molecule has 0 aliphatic carbocycles. The van der Waals surface area contributed by atoms with Crippen LogP contribution >= 0.6 is 0 Å². The van der Waals surface area contributed by atoms with Crippen LogP contribution in [0.3, 0.4) is 0 Å². The minimum Gasteiger partial charge on any atom is -0.329 e. The predicted octanol–water partition coefficient (Wildman–Crippen LogP) is -1.55. The molecule has 8 heavy (non-hydrogen) atoms. The number of carbonyl (C=O) groups is 2. The normalized spacial score (nSPS) is 16.5. The molecule has 0 saturated carbocycles. The van der Waals surface area contributed by atoms with E-state index in [1.165, 1.54) is 0 Å². The maximum absolute atomic E-state index is 10.1. The maximum Gasteiger partial charge on any atom is 0.321 e. The van der Waals surface area contributed by atoms with Gasteiger partial charge in [0.05, 0.1) is 6.54 Å². The van der Waals surface area contributed by atoms with Crippen molar-refractivity contribution >= 4 is 22.9 Å². The van der Waals surface area contributed by atoms with E-state index in [0.29, 0.717) is 0 Å². The summed E-state index contributed by atoms with van der Waals surface area (Å²) in [5.74, 6) is -0.259. The molecule has 3 amide bonds. The molecule has 1 saturated heterocycles. The van der Waals surface area contributed by atoms with Gasteiger partial charge in [-0.05, 0) is 0 Å². The lowest BCUT2D eigenvalue weighted by atomic mass is 10.7. The average molecular weight is 128 g/mol. The Bertz CT molecular complexity index is 110. The quantitative estimate of drug-likeness (QED) is 0.306. The first kappa shape index (κ1) is 7.16. The zero-order valence-electron chi connectivity index (χ0n) is 4.02. The Morgan fingerprint density at radius 1 is 1.38 bits per heavy atom. The second kappa shape index (κ2) is 2.46. The summed E-state index contributed by atoms with van der Waals surface area (Å²) in [5.41, 5.74) is 0. The molecule has 1 aliphatic rings. The summed E-state index contributed by atoms with van der Waals surface area (Å²) in [6, 6.07) is -0.398. The highest BCUT2D eigenvalue weighted by Gasteiger charge is 2.14. The summed E-state index contributed by atoms with van der Waals surface area (Å²) in [4.78, 5) is 20.1. The van der Waals surface area contributed by atoms with Gasteiger partial charge >= 0.3 is 6.03 Å². The number of hydrogen-bond donors (Lipinski definition) is 2. The zero-order valence-corrected chi connectivity index (χ0v) is 5.02. The molecule has 0 aromatic rings. The molecular weight excluding hydrogens is 124 g/mol. The summed E-state index contributed by atoms with van der Waals surface area (Å²) in [7, 11) is 0. The van der Waals surface area contributed by atoms with Gasteiger partial charge in [0.1, 0.15) is 0 Å². The van der Waals surface area contributed by atoms with E-state index in [0.717, 1.165) is 0 Å². The maximum atomic E-state index is 10.1. The van der Waals surface area contributed by atoms with Crippen molar-refractivity contribution in [2.24, 2.45) is 0 Å². The van der Waals surface area contributed by atoms with Crippen LogP contribution in [0.5, 0.6) is 0 Å². The molecule has 5 heteroatoms. The van der Waals surface area contributed by atoms with Crippen LogP contribution in [0.4, 0.5) is 4.79 Å². The van der Waals surface area contributed by atoms with Crippen LogP contribution in [0, 0.1) is 0 Å². The summed E-state index contributed by atoms with van der Waals surface area (Å²) < 4.78 is 0. The van der Waals surface area contributed by atoms with E-state index in [1.807, 2.05) is 5.32 Å². The summed E-state index contributed by atoms with van der Waals surface area (Å²) in [5, 5.41) is 4.30. The SMILES string of the molecule is O=C1CNC(=O)N1.[Si]. The number of amides is 3. The lowest BCUT2D eigenvalue weighted by Crippen LogP contribution is -2.22. The molecule has 0 atom stereocenters. The fourth-order valence-electron chi connectivity index (χ4n) is 0.376. The number of hydrogen-bond acceptors (Lipinski definition) is 2. The highest BCUT2D eigenvalue weighted by molar-refractivity contribution is 6.01. The van der Waals surface area contributed by atoms with E-state index in [4.69, 9.17) is 0 Å². The monoisotopic (exact) mass is 128 g/mol. The van der Waals surface area contributed by atoms with Gasteiger partial charge in [-0.15, -0.1) is 0 Å². The minimum absolute atomic E-state index is 0. The highest BCUT2D eigenvalue weighted by atomic mass is 28.1. The third kappa shape index (κ3) is 1.34. The minimum atomic E-state index is -0.398. The molecule has 42 valence electrons. The summed E-state index contributed by atoms with van der Waals surface area (Å²) in [6.07, 6.45) is 0. The van der Waals surface area contributed by atoms with Gasteiger partial charge in [0, 0.05) is 11.0 Å². The van der Waals surface area contributed by atoms with Gasteiger partial charge in [-0.2, -0.15) is 0 Å². The molecule has 2 N–H and O–H groups in total. The van der Waals surface area contributed by atoms with Crippen molar-refractivity contribution in [1.82, 2.24) is 10.6 Å². The Hall–Kier alpha value is -0.843. The highest BCUT2D eigenvalue weighted by Crippen LogP contribution is 1.73. The van der Waals surface area contributed by atoms with Crippen LogP contribution in [0.1, 0.15) is 0 Å². The Morgan fingerprint density at radius 3 is 2.12 bits per heavy atom. The van der Waals surface area contributed by atoms with Crippen LogP contribution in [-0.4, -0.2) is 29.4 Å². The van der Waals surface area contributed by atoms with E-state index in [2.05, 4.69) is 5.32 Å². The molecule has 1 aliphatic heterocycles. The van der Waals surface area contributed by atoms with Crippen molar-refractivity contribution in [3.05, 3.63) is 0 Å². The second-order valence-electron chi connectivity index (χ2n) is 1.23. The van der Waals surface area contributed by atoms with Crippen LogP contribution in [-0.2, 0) is 4.79 Å². The third-order valence-electron chi connectivity index (χ3n) is 0.662.